The van der Waals surface area contributed by atoms with Crippen molar-refractivity contribution in [3.63, 3.8) is 0 Å². The van der Waals surface area contributed by atoms with Crippen molar-refractivity contribution in [1.82, 2.24) is 0 Å². The Kier molecular flexibility index (Phi) is 5.14. The topological polar surface area (TPSA) is 58.6 Å². The van der Waals surface area contributed by atoms with Crippen molar-refractivity contribution >= 4 is 24.2 Å². The van der Waals surface area contributed by atoms with Crippen LogP contribution in [0.2, 0.25) is 0 Å². The molecule has 0 spiro atoms. The summed E-state index contributed by atoms with van der Waals surface area (Å²) in [6.07, 6.45) is 7.58. The third-order valence-corrected chi connectivity index (χ3v) is 3.27. The van der Waals surface area contributed by atoms with Gasteiger partial charge in [-0.05, 0) is 42.6 Å². The Morgan fingerprint density at radius 1 is 1.52 bits per heavy atom. The number of nitrogens with one attached hydrogen (secondary N) is 1. The first kappa shape index (κ1) is 15.3. The van der Waals surface area contributed by atoms with E-state index in [0.29, 0.717) is 23.3 Å². The first-order valence-corrected chi connectivity index (χ1v) is 6.85. The maximum absolute atomic E-state index is 12.1. The second-order valence-electron chi connectivity index (χ2n) is 4.69. The van der Waals surface area contributed by atoms with Crippen LogP contribution < -0.4 is 10.8 Å². The van der Waals surface area contributed by atoms with Gasteiger partial charge in [-0.15, -0.1) is 0 Å². The molecule has 21 heavy (non-hydrogen) atoms. The van der Waals surface area contributed by atoms with Gasteiger partial charge in [-0.1, -0.05) is 30.9 Å². The summed E-state index contributed by atoms with van der Waals surface area (Å²) in [6.45, 7) is 6.02. The fourth-order valence-corrected chi connectivity index (χ4v) is 2.14. The van der Waals surface area contributed by atoms with Crippen LogP contribution in [-0.2, 0) is 15.9 Å². The van der Waals surface area contributed by atoms with Gasteiger partial charge in [0, 0.05) is 17.9 Å². The van der Waals surface area contributed by atoms with Crippen LogP contribution in [0.5, 0.6) is 0 Å². The molecule has 0 saturated carbocycles. The molecule has 0 aliphatic carbocycles. The minimum absolute atomic E-state index is 0.241. The van der Waals surface area contributed by atoms with E-state index in [1.165, 1.54) is 6.08 Å². The highest BCUT2D eigenvalue weighted by Crippen LogP contribution is 2.14. The zero-order chi connectivity index (χ0) is 15.2. The van der Waals surface area contributed by atoms with Crippen molar-refractivity contribution in [3.8, 4) is 0 Å². The van der Waals surface area contributed by atoms with Crippen LogP contribution in [0.3, 0.4) is 0 Å². The van der Waals surface area contributed by atoms with Crippen LogP contribution in [0.1, 0.15) is 12.5 Å². The van der Waals surface area contributed by atoms with Crippen molar-refractivity contribution in [2.24, 2.45) is 0 Å². The van der Waals surface area contributed by atoms with Crippen LogP contribution in [0.4, 0.5) is 5.69 Å². The molecule has 0 bridgehead atoms. The quantitative estimate of drug-likeness (QED) is 0.501. The second-order valence-corrected chi connectivity index (χ2v) is 4.69. The van der Waals surface area contributed by atoms with Crippen molar-refractivity contribution in [3.05, 3.63) is 60.2 Å². The third kappa shape index (κ3) is 3.71. The lowest BCUT2D eigenvalue weighted by Gasteiger charge is -2.19. The van der Waals surface area contributed by atoms with Gasteiger partial charge >= 0.3 is 7.12 Å². The summed E-state index contributed by atoms with van der Waals surface area (Å²) >= 11 is 0. The van der Waals surface area contributed by atoms with Crippen LogP contribution in [-0.4, -0.2) is 24.7 Å². The normalized spacial score (nSPS) is 15.0. The lowest BCUT2D eigenvalue weighted by molar-refractivity contribution is -0.112. The fourth-order valence-electron chi connectivity index (χ4n) is 2.14. The number of carbonyl (C=O) groups excluding carboxylic acids is 1. The Bertz CT molecular complexity index is 608. The Labute approximate surface area is 125 Å². The molecule has 1 aliphatic heterocycles. The summed E-state index contributed by atoms with van der Waals surface area (Å²) < 4.78 is 5.19. The zero-order valence-corrected chi connectivity index (χ0v) is 12.0. The molecule has 2 rings (SSSR count). The predicted octanol–water partition coefficient (Wildman–Crippen LogP) is 1.57. The Balaban J connectivity index is 2.18. The monoisotopic (exact) mass is 283 g/mol. The first-order valence-electron chi connectivity index (χ1n) is 6.85. The molecule has 0 unspecified atom stereocenters. The van der Waals surface area contributed by atoms with Gasteiger partial charge in [0.25, 0.3) is 5.91 Å². The lowest BCUT2D eigenvalue weighted by Crippen LogP contribution is -2.41. The molecule has 2 N–H and O–H groups in total. The molecule has 1 heterocycles. The highest BCUT2D eigenvalue weighted by atomic mass is 16.5. The smallest absolute Gasteiger partial charge is 0.423 e. The molecular weight excluding hydrogens is 265 g/mol. The number of fused-ring (bicyclic) bond motifs is 1. The second kappa shape index (κ2) is 7.06. The summed E-state index contributed by atoms with van der Waals surface area (Å²) in [5.74, 6) is -0.241. The number of hydrogen-bond acceptors (Lipinski definition) is 3. The molecule has 0 atom stereocenters. The summed E-state index contributed by atoms with van der Waals surface area (Å²) in [5.41, 5.74) is 2.84. The molecule has 1 aliphatic rings. The van der Waals surface area contributed by atoms with Gasteiger partial charge in [-0.25, -0.2) is 0 Å². The molecule has 4 nitrogen and oxygen atoms in total. The number of amides is 1. The van der Waals surface area contributed by atoms with E-state index in [9.17, 15) is 9.82 Å². The van der Waals surface area contributed by atoms with E-state index in [1.807, 2.05) is 25.1 Å². The van der Waals surface area contributed by atoms with Crippen LogP contribution >= 0.6 is 0 Å². The molecule has 5 heteroatoms. The first-order chi connectivity index (χ1) is 10.2. The third-order valence-electron chi connectivity index (χ3n) is 3.27. The summed E-state index contributed by atoms with van der Waals surface area (Å²) in [6, 6.07) is 5.47. The van der Waals surface area contributed by atoms with Gasteiger partial charge in [0.1, 0.15) is 0 Å². The Morgan fingerprint density at radius 2 is 2.33 bits per heavy atom. The van der Waals surface area contributed by atoms with E-state index < -0.39 is 7.12 Å². The number of anilines is 1. The number of allylic oxidation sites excluding steroid dienone is 3. The molecule has 1 aromatic carbocycles. The average molecular weight is 283 g/mol. The number of carbonyl (C=O) groups is 1. The van der Waals surface area contributed by atoms with E-state index in [-0.39, 0.29) is 5.91 Å². The van der Waals surface area contributed by atoms with Crippen LogP contribution in [0.15, 0.2) is 54.7 Å². The maximum atomic E-state index is 12.1. The van der Waals surface area contributed by atoms with E-state index in [4.69, 9.17) is 4.65 Å². The molecule has 0 aromatic heterocycles. The van der Waals surface area contributed by atoms with Crippen molar-refractivity contribution < 1.29 is 14.5 Å². The Morgan fingerprint density at radius 3 is 3.05 bits per heavy atom. The molecule has 1 aromatic rings. The van der Waals surface area contributed by atoms with Crippen molar-refractivity contribution in [2.75, 3.05) is 11.9 Å². The number of rotatable bonds is 4. The highest BCUT2D eigenvalue weighted by molar-refractivity contribution is 6.61. The van der Waals surface area contributed by atoms with Crippen molar-refractivity contribution in [2.45, 2.75) is 13.3 Å². The van der Waals surface area contributed by atoms with E-state index in [2.05, 4.69) is 11.9 Å². The summed E-state index contributed by atoms with van der Waals surface area (Å²) in [7, 11) is -0.928. The highest BCUT2D eigenvalue weighted by Gasteiger charge is 2.25. The lowest BCUT2D eigenvalue weighted by atomic mass is 9.73. The average Bonchev–Trinajstić information content (AvgIpc) is 2.49. The molecular formula is C16H18BNO3. The van der Waals surface area contributed by atoms with Gasteiger partial charge < -0.3 is 15.0 Å². The zero-order valence-electron chi connectivity index (χ0n) is 12.0. The summed E-state index contributed by atoms with van der Waals surface area (Å²) in [5, 5.41) is 12.6. The largest absolute Gasteiger partial charge is 0.491 e. The SMILES string of the molecule is C=CC(=CC=CC)C(=O)Nc1ccc2c(c1)B(O)OCC2. The van der Waals surface area contributed by atoms with E-state index in [1.54, 1.807) is 18.2 Å². The number of hydrogen-bond donors (Lipinski definition) is 2. The number of benzene rings is 1. The molecule has 0 radical (unpaired) electrons. The van der Waals surface area contributed by atoms with Gasteiger partial charge in [-0.2, -0.15) is 0 Å². The maximum Gasteiger partial charge on any atom is 0.491 e. The van der Waals surface area contributed by atoms with Gasteiger partial charge in [0.2, 0.25) is 0 Å². The minimum Gasteiger partial charge on any atom is -0.423 e. The van der Waals surface area contributed by atoms with Gasteiger partial charge in [0.15, 0.2) is 0 Å². The predicted molar refractivity (Wildman–Crippen MR) is 85.4 cm³/mol. The minimum atomic E-state index is -0.928. The molecule has 1 amide bonds. The van der Waals surface area contributed by atoms with E-state index in [0.717, 1.165) is 12.0 Å². The molecule has 0 saturated heterocycles. The van der Waals surface area contributed by atoms with Crippen LogP contribution in [0.25, 0.3) is 0 Å². The van der Waals surface area contributed by atoms with Gasteiger partial charge in [-0.3, -0.25) is 4.79 Å². The fraction of sp³-hybridized carbons (Fsp3) is 0.188. The van der Waals surface area contributed by atoms with E-state index >= 15 is 0 Å². The van der Waals surface area contributed by atoms with Crippen LogP contribution in [0, 0.1) is 0 Å². The summed E-state index contributed by atoms with van der Waals surface area (Å²) in [4.78, 5) is 12.1. The molecule has 108 valence electrons. The van der Waals surface area contributed by atoms with Crippen molar-refractivity contribution in [1.29, 1.82) is 0 Å². The Hall–Kier alpha value is -2.11. The molecule has 0 fully saturated rings. The standard InChI is InChI=1S/C16H18BNO3/c1-3-5-6-12(4-2)16(19)18-14-8-7-13-9-10-21-17(20)15(13)11-14/h3-8,11,20H,2,9-10H2,1H3,(H,18,19). The van der Waals surface area contributed by atoms with Gasteiger partial charge in [0.05, 0.1) is 0 Å².